The van der Waals surface area contributed by atoms with E-state index in [1.165, 1.54) is 4.57 Å². The predicted molar refractivity (Wildman–Crippen MR) is 76.3 cm³/mol. The van der Waals surface area contributed by atoms with Crippen LogP contribution >= 0.6 is 0 Å². The largest absolute Gasteiger partial charge is 0.294 e. The van der Waals surface area contributed by atoms with E-state index < -0.39 is 0 Å². The summed E-state index contributed by atoms with van der Waals surface area (Å²) >= 11 is 0. The molecule has 6 nitrogen and oxygen atoms in total. The third kappa shape index (κ3) is 1.89. The normalized spacial score (nSPS) is 11.1. The zero-order valence-electron chi connectivity index (χ0n) is 11.4. The standard InChI is InChI=1S/C14H15N5O/c1-3-9-19-13-11(16-17-19)14(20)18(2)12(15-13)10-7-5-4-6-8-10/h4-8H,3,9H2,1-2H3. The number of aromatic nitrogens is 5. The van der Waals surface area contributed by atoms with Crippen LogP contribution in [-0.2, 0) is 13.6 Å². The zero-order valence-corrected chi connectivity index (χ0v) is 11.4. The van der Waals surface area contributed by atoms with Crippen LogP contribution in [0.4, 0.5) is 0 Å². The van der Waals surface area contributed by atoms with Gasteiger partial charge in [0.15, 0.2) is 11.2 Å². The van der Waals surface area contributed by atoms with Crippen LogP contribution in [0.1, 0.15) is 13.3 Å². The molecule has 0 aliphatic rings. The fourth-order valence-electron chi connectivity index (χ4n) is 2.20. The van der Waals surface area contributed by atoms with Gasteiger partial charge in [0, 0.05) is 19.2 Å². The Kier molecular flexibility index (Phi) is 3.06. The smallest absolute Gasteiger partial charge is 0.283 e. The summed E-state index contributed by atoms with van der Waals surface area (Å²) in [5.74, 6) is 0.628. The molecule has 2 heterocycles. The molecular formula is C14H15N5O. The van der Waals surface area contributed by atoms with Crippen molar-refractivity contribution in [1.29, 1.82) is 0 Å². The lowest BCUT2D eigenvalue weighted by molar-refractivity contribution is 0.591. The zero-order chi connectivity index (χ0) is 14.1. The molecule has 0 radical (unpaired) electrons. The lowest BCUT2D eigenvalue weighted by Crippen LogP contribution is -2.20. The Balaban J connectivity index is 2.30. The Morgan fingerprint density at radius 2 is 1.95 bits per heavy atom. The molecule has 0 N–H and O–H groups in total. The van der Waals surface area contributed by atoms with Crippen LogP contribution in [0.2, 0.25) is 0 Å². The molecule has 0 unspecified atom stereocenters. The van der Waals surface area contributed by atoms with E-state index in [0.29, 0.717) is 23.5 Å². The van der Waals surface area contributed by atoms with Crippen LogP contribution in [0.25, 0.3) is 22.6 Å². The molecular weight excluding hydrogens is 254 g/mol. The lowest BCUT2D eigenvalue weighted by Gasteiger charge is -2.07. The van der Waals surface area contributed by atoms with Gasteiger partial charge in [-0.05, 0) is 6.42 Å². The summed E-state index contributed by atoms with van der Waals surface area (Å²) in [6, 6.07) is 9.65. The van der Waals surface area contributed by atoms with Gasteiger partial charge in [0.2, 0.25) is 0 Å². The topological polar surface area (TPSA) is 65.6 Å². The monoisotopic (exact) mass is 269 g/mol. The van der Waals surface area contributed by atoms with Gasteiger partial charge in [-0.2, -0.15) is 0 Å². The maximum Gasteiger partial charge on any atom is 0.283 e. The Labute approximate surface area is 115 Å². The van der Waals surface area contributed by atoms with Gasteiger partial charge in [-0.3, -0.25) is 9.36 Å². The van der Waals surface area contributed by atoms with Crippen molar-refractivity contribution in [3.05, 3.63) is 40.7 Å². The molecule has 2 aromatic heterocycles. The summed E-state index contributed by atoms with van der Waals surface area (Å²) in [7, 11) is 1.70. The average Bonchev–Trinajstić information content (AvgIpc) is 2.87. The van der Waals surface area contributed by atoms with Gasteiger partial charge in [-0.15, -0.1) is 5.10 Å². The SMILES string of the molecule is CCCn1nnc2c(=O)n(C)c(-c3ccccc3)nc21. The van der Waals surface area contributed by atoms with Crippen molar-refractivity contribution in [2.24, 2.45) is 7.05 Å². The first-order valence-corrected chi connectivity index (χ1v) is 6.58. The maximum absolute atomic E-state index is 12.3. The van der Waals surface area contributed by atoms with E-state index in [2.05, 4.69) is 15.3 Å². The van der Waals surface area contributed by atoms with E-state index in [4.69, 9.17) is 0 Å². The number of aryl methyl sites for hydroxylation is 1. The van der Waals surface area contributed by atoms with E-state index in [9.17, 15) is 4.79 Å². The molecule has 102 valence electrons. The van der Waals surface area contributed by atoms with Crippen LogP contribution < -0.4 is 5.56 Å². The van der Waals surface area contributed by atoms with Crippen LogP contribution in [0.3, 0.4) is 0 Å². The molecule has 3 rings (SSSR count). The molecule has 0 aliphatic heterocycles. The number of fused-ring (bicyclic) bond motifs is 1. The molecule has 0 bridgehead atoms. The van der Waals surface area contributed by atoms with E-state index in [0.717, 1.165) is 12.0 Å². The lowest BCUT2D eigenvalue weighted by atomic mass is 10.2. The van der Waals surface area contributed by atoms with Crippen molar-refractivity contribution >= 4 is 11.2 Å². The molecule has 0 spiro atoms. The summed E-state index contributed by atoms with van der Waals surface area (Å²) in [6.45, 7) is 2.75. The number of benzene rings is 1. The Hall–Kier alpha value is -2.50. The second kappa shape index (κ2) is 4.88. The highest BCUT2D eigenvalue weighted by molar-refractivity contribution is 5.72. The van der Waals surface area contributed by atoms with Gasteiger partial charge >= 0.3 is 0 Å². The number of nitrogens with zero attached hydrogens (tertiary/aromatic N) is 5. The van der Waals surface area contributed by atoms with Crippen molar-refractivity contribution in [3.8, 4) is 11.4 Å². The van der Waals surface area contributed by atoms with Gasteiger partial charge in [-0.1, -0.05) is 42.5 Å². The third-order valence-corrected chi connectivity index (χ3v) is 3.21. The first-order chi connectivity index (χ1) is 9.72. The summed E-state index contributed by atoms with van der Waals surface area (Å²) in [5, 5.41) is 7.96. The third-order valence-electron chi connectivity index (χ3n) is 3.21. The molecule has 0 fully saturated rings. The van der Waals surface area contributed by atoms with Crippen molar-refractivity contribution in [3.63, 3.8) is 0 Å². The second-order valence-corrected chi connectivity index (χ2v) is 4.65. The van der Waals surface area contributed by atoms with Gasteiger partial charge in [0.1, 0.15) is 5.82 Å². The average molecular weight is 269 g/mol. The highest BCUT2D eigenvalue weighted by Crippen LogP contribution is 2.16. The van der Waals surface area contributed by atoms with Gasteiger partial charge in [0.05, 0.1) is 0 Å². The van der Waals surface area contributed by atoms with Crippen molar-refractivity contribution in [2.45, 2.75) is 19.9 Å². The van der Waals surface area contributed by atoms with Crippen LogP contribution in [0, 0.1) is 0 Å². The minimum Gasteiger partial charge on any atom is -0.294 e. The van der Waals surface area contributed by atoms with Crippen molar-refractivity contribution in [1.82, 2.24) is 24.5 Å². The summed E-state index contributed by atoms with van der Waals surface area (Å²) in [4.78, 5) is 16.9. The van der Waals surface area contributed by atoms with E-state index in [-0.39, 0.29) is 5.56 Å². The van der Waals surface area contributed by atoms with Gasteiger partial charge in [0.25, 0.3) is 5.56 Å². The molecule has 0 saturated carbocycles. The summed E-state index contributed by atoms with van der Waals surface area (Å²) in [5.41, 5.74) is 1.60. The Bertz CT molecular complexity index is 804. The van der Waals surface area contributed by atoms with Crippen LogP contribution in [0.5, 0.6) is 0 Å². The number of hydrogen-bond acceptors (Lipinski definition) is 4. The second-order valence-electron chi connectivity index (χ2n) is 4.65. The highest BCUT2D eigenvalue weighted by Gasteiger charge is 2.15. The molecule has 3 aromatic rings. The molecule has 20 heavy (non-hydrogen) atoms. The number of hydrogen-bond donors (Lipinski definition) is 0. The minimum absolute atomic E-state index is 0.170. The van der Waals surface area contributed by atoms with Gasteiger partial charge in [-0.25, -0.2) is 9.67 Å². The first kappa shape index (κ1) is 12.5. The fraction of sp³-hybridized carbons (Fsp3) is 0.286. The quantitative estimate of drug-likeness (QED) is 0.724. The minimum atomic E-state index is -0.170. The molecule has 0 aliphatic carbocycles. The molecule has 0 atom stereocenters. The van der Waals surface area contributed by atoms with Crippen molar-refractivity contribution in [2.75, 3.05) is 0 Å². The fourth-order valence-corrected chi connectivity index (χ4v) is 2.20. The van der Waals surface area contributed by atoms with E-state index in [1.807, 2.05) is 37.3 Å². The molecule has 0 amide bonds. The number of rotatable bonds is 3. The Morgan fingerprint density at radius 1 is 1.20 bits per heavy atom. The summed E-state index contributed by atoms with van der Waals surface area (Å²) in [6.07, 6.45) is 0.913. The summed E-state index contributed by atoms with van der Waals surface area (Å²) < 4.78 is 3.20. The van der Waals surface area contributed by atoms with Crippen LogP contribution in [-0.4, -0.2) is 24.5 Å². The van der Waals surface area contributed by atoms with Crippen LogP contribution in [0.15, 0.2) is 35.1 Å². The van der Waals surface area contributed by atoms with E-state index >= 15 is 0 Å². The molecule has 6 heteroatoms. The predicted octanol–water partition coefficient (Wildman–Crippen LogP) is 1.60. The molecule has 0 saturated heterocycles. The highest BCUT2D eigenvalue weighted by atomic mass is 16.1. The maximum atomic E-state index is 12.3. The Morgan fingerprint density at radius 3 is 2.65 bits per heavy atom. The van der Waals surface area contributed by atoms with E-state index in [1.54, 1.807) is 11.7 Å². The van der Waals surface area contributed by atoms with Crippen molar-refractivity contribution < 1.29 is 0 Å². The van der Waals surface area contributed by atoms with Gasteiger partial charge < -0.3 is 0 Å². The first-order valence-electron chi connectivity index (χ1n) is 6.58. The molecule has 1 aromatic carbocycles.